The average Bonchev–Trinajstić information content (AvgIpc) is 2.55. The number of rotatable bonds is 7. The van der Waals surface area contributed by atoms with E-state index in [1.54, 1.807) is 18.2 Å². The predicted molar refractivity (Wildman–Crippen MR) is 93.5 cm³/mol. The van der Waals surface area contributed by atoms with E-state index in [-0.39, 0.29) is 16.8 Å². The number of carbonyl (C=O) groups excluding carboxylic acids is 1. The average molecular weight is 361 g/mol. The van der Waals surface area contributed by atoms with Gasteiger partial charge in [-0.15, -0.1) is 0 Å². The van der Waals surface area contributed by atoms with Gasteiger partial charge in [-0.25, -0.2) is 8.42 Å². The van der Waals surface area contributed by atoms with E-state index >= 15 is 0 Å². The van der Waals surface area contributed by atoms with E-state index < -0.39 is 32.0 Å². The highest BCUT2D eigenvalue weighted by Gasteiger charge is 2.34. The summed E-state index contributed by atoms with van der Waals surface area (Å²) in [4.78, 5) is 23.5. The van der Waals surface area contributed by atoms with Crippen molar-refractivity contribution in [3.8, 4) is 0 Å². The van der Waals surface area contributed by atoms with Gasteiger partial charge in [-0.2, -0.15) is 0 Å². The molecule has 0 aromatic heterocycles. The van der Waals surface area contributed by atoms with Gasteiger partial charge in [0.2, 0.25) is 15.8 Å². The number of nitrogens with zero attached hydrogens (tertiary/aromatic N) is 1. The van der Waals surface area contributed by atoms with E-state index in [9.17, 15) is 23.3 Å². The number of carbonyl (C=O) groups is 1. The lowest BCUT2D eigenvalue weighted by Crippen LogP contribution is -2.26. The van der Waals surface area contributed by atoms with Crippen LogP contribution < -0.4 is 4.72 Å². The molecule has 0 heterocycles. The Bertz CT molecular complexity index is 879. The van der Waals surface area contributed by atoms with Gasteiger partial charge < -0.3 is 0 Å². The number of nitro groups is 1. The van der Waals surface area contributed by atoms with Gasteiger partial charge in [0.15, 0.2) is 0 Å². The first-order valence-corrected chi connectivity index (χ1v) is 9.03. The molecule has 1 radical (unpaired) electrons. The second kappa shape index (κ2) is 7.43. The summed E-state index contributed by atoms with van der Waals surface area (Å²) in [6, 6.07) is 12.9. The summed E-state index contributed by atoms with van der Waals surface area (Å²) in [5.74, 6) is -0.799. The van der Waals surface area contributed by atoms with Gasteiger partial charge in [0, 0.05) is 16.1 Å². The first-order chi connectivity index (χ1) is 11.7. The summed E-state index contributed by atoms with van der Waals surface area (Å²) in [6.45, 7) is 2.97. The first kappa shape index (κ1) is 18.6. The van der Waals surface area contributed by atoms with Crippen LogP contribution in [0.5, 0.6) is 0 Å². The maximum absolute atomic E-state index is 12.8. The SMILES string of the molecule is CC(C)S(=O)(=O)Nc1c[c]ccc1C(=O)C(c1ccccc1)[N+](=O)[O-]. The molecule has 0 fully saturated rings. The molecule has 1 unspecified atom stereocenters. The Labute approximate surface area is 145 Å². The highest BCUT2D eigenvalue weighted by molar-refractivity contribution is 7.93. The lowest BCUT2D eigenvalue weighted by molar-refractivity contribution is -0.510. The van der Waals surface area contributed by atoms with Crippen LogP contribution in [-0.2, 0) is 10.0 Å². The quantitative estimate of drug-likeness (QED) is 0.464. The number of nitrogens with one attached hydrogen (secondary N) is 1. The largest absolute Gasteiger partial charge is 0.299 e. The van der Waals surface area contributed by atoms with Crippen LogP contribution in [0.1, 0.15) is 35.8 Å². The van der Waals surface area contributed by atoms with Gasteiger partial charge in [-0.1, -0.05) is 36.4 Å². The van der Waals surface area contributed by atoms with E-state index in [0.717, 1.165) is 0 Å². The second-order valence-corrected chi connectivity index (χ2v) is 7.87. The summed E-state index contributed by atoms with van der Waals surface area (Å²) in [5, 5.41) is 10.7. The summed E-state index contributed by atoms with van der Waals surface area (Å²) in [7, 11) is -3.71. The molecule has 2 rings (SSSR count). The molecular formula is C17H17N2O5S. The fourth-order valence-electron chi connectivity index (χ4n) is 2.15. The van der Waals surface area contributed by atoms with E-state index in [0.29, 0.717) is 0 Å². The standard InChI is InChI=1S/C17H17N2O5S/c1-12(2)25(23,24)18-15-11-7-6-10-14(15)17(20)16(19(21)22)13-8-4-3-5-9-13/h3-6,8-12,16,18H,1-2H3. The normalized spacial score (nSPS) is 12.6. The van der Waals surface area contributed by atoms with Crippen molar-refractivity contribution in [3.63, 3.8) is 0 Å². The Morgan fingerprint density at radius 2 is 1.84 bits per heavy atom. The molecule has 2 aromatic carbocycles. The number of ketones is 1. The molecule has 7 nitrogen and oxygen atoms in total. The minimum Gasteiger partial charge on any atom is -0.286 e. The van der Waals surface area contributed by atoms with Gasteiger partial charge in [0.1, 0.15) is 0 Å². The number of anilines is 1. The zero-order valence-electron chi connectivity index (χ0n) is 13.7. The molecule has 0 saturated heterocycles. The van der Waals surface area contributed by atoms with Crippen molar-refractivity contribution in [2.45, 2.75) is 25.1 Å². The smallest absolute Gasteiger partial charge is 0.286 e. The van der Waals surface area contributed by atoms with Gasteiger partial charge in [-0.05, 0) is 32.0 Å². The van der Waals surface area contributed by atoms with Gasteiger partial charge in [0.05, 0.1) is 10.9 Å². The van der Waals surface area contributed by atoms with E-state index in [1.165, 1.54) is 44.2 Å². The van der Waals surface area contributed by atoms with Crippen molar-refractivity contribution < 1.29 is 18.1 Å². The Morgan fingerprint density at radius 3 is 2.40 bits per heavy atom. The van der Waals surface area contributed by atoms with Crippen LogP contribution in [0.2, 0.25) is 0 Å². The third-order valence-electron chi connectivity index (χ3n) is 3.58. The summed E-state index contributed by atoms with van der Waals surface area (Å²) in [6.07, 6.45) is 0. The molecule has 0 aliphatic heterocycles. The van der Waals surface area contributed by atoms with E-state index in [2.05, 4.69) is 10.8 Å². The van der Waals surface area contributed by atoms with Crippen molar-refractivity contribution in [3.05, 3.63) is 75.8 Å². The molecule has 25 heavy (non-hydrogen) atoms. The van der Waals surface area contributed by atoms with E-state index in [4.69, 9.17) is 0 Å². The zero-order valence-corrected chi connectivity index (χ0v) is 14.5. The molecule has 0 aliphatic rings. The molecule has 0 spiro atoms. The van der Waals surface area contributed by atoms with E-state index in [1.807, 2.05) is 0 Å². The number of sulfonamides is 1. The topological polar surface area (TPSA) is 106 Å². The monoisotopic (exact) mass is 361 g/mol. The molecule has 0 bridgehead atoms. The Morgan fingerprint density at radius 1 is 1.20 bits per heavy atom. The van der Waals surface area contributed by atoms with Crippen LogP contribution in [0.3, 0.4) is 0 Å². The van der Waals surface area contributed by atoms with Crippen LogP contribution in [-0.4, -0.2) is 24.4 Å². The summed E-state index contributed by atoms with van der Waals surface area (Å²) in [5.41, 5.74) is 0.125. The molecule has 0 amide bonds. The fraction of sp³-hybridized carbons (Fsp3) is 0.235. The maximum Gasteiger partial charge on any atom is 0.299 e. The first-order valence-electron chi connectivity index (χ1n) is 7.48. The fourth-order valence-corrected chi connectivity index (χ4v) is 2.86. The van der Waals surface area contributed by atoms with Crippen LogP contribution in [0.4, 0.5) is 5.69 Å². The van der Waals surface area contributed by atoms with Crippen molar-refractivity contribution in [2.75, 3.05) is 4.72 Å². The van der Waals surface area contributed by atoms with Crippen molar-refractivity contribution in [2.24, 2.45) is 0 Å². The Balaban J connectivity index is 2.47. The minimum atomic E-state index is -3.71. The van der Waals surface area contributed by atoms with Gasteiger partial charge >= 0.3 is 0 Å². The maximum atomic E-state index is 12.8. The Kier molecular flexibility index (Phi) is 5.53. The minimum absolute atomic E-state index is 0.0241. The lowest BCUT2D eigenvalue weighted by Gasteiger charge is -2.15. The molecule has 2 aromatic rings. The van der Waals surface area contributed by atoms with Crippen LogP contribution >= 0.6 is 0 Å². The van der Waals surface area contributed by atoms with Crippen molar-refractivity contribution in [1.82, 2.24) is 0 Å². The highest BCUT2D eigenvalue weighted by atomic mass is 32.2. The summed E-state index contributed by atoms with van der Waals surface area (Å²) < 4.78 is 26.5. The number of hydrogen-bond donors (Lipinski definition) is 1. The molecule has 1 atom stereocenters. The van der Waals surface area contributed by atoms with Gasteiger partial charge in [0.25, 0.3) is 6.04 Å². The van der Waals surface area contributed by atoms with Crippen LogP contribution in [0.25, 0.3) is 0 Å². The summed E-state index contributed by atoms with van der Waals surface area (Å²) >= 11 is 0. The number of Topliss-reactive ketones (excluding diaryl/α,β-unsaturated/α-hetero) is 1. The third-order valence-corrected chi connectivity index (χ3v) is 5.32. The molecule has 131 valence electrons. The van der Waals surface area contributed by atoms with Crippen LogP contribution in [0.15, 0.2) is 48.5 Å². The highest BCUT2D eigenvalue weighted by Crippen LogP contribution is 2.26. The molecule has 1 N–H and O–H groups in total. The van der Waals surface area contributed by atoms with Crippen molar-refractivity contribution in [1.29, 1.82) is 0 Å². The third kappa shape index (κ3) is 4.21. The number of hydrogen-bond acceptors (Lipinski definition) is 5. The van der Waals surface area contributed by atoms with Crippen molar-refractivity contribution >= 4 is 21.5 Å². The molecule has 8 heteroatoms. The zero-order chi connectivity index (χ0) is 18.6. The second-order valence-electron chi connectivity index (χ2n) is 5.63. The molecular weight excluding hydrogens is 344 g/mol. The lowest BCUT2D eigenvalue weighted by atomic mass is 9.97. The van der Waals surface area contributed by atoms with Gasteiger partial charge in [-0.3, -0.25) is 19.6 Å². The Hall–Kier alpha value is -2.74. The number of benzene rings is 2. The molecule has 0 aliphatic carbocycles. The molecule has 0 saturated carbocycles. The predicted octanol–water partition coefficient (Wildman–Crippen LogP) is 2.84. The van der Waals surface area contributed by atoms with Crippen LogP contribution in [0, 0.1) is 16.2 Å².